The van der Waals surface area contributed by atoms with Gasteiger partial charge in [0.25, 0.3) is 5.56 Å². The van der Waals surface area contributed by atoms with Crippen LogP contribution in [0.25, 0.3) is 0 Å². The first-order chi connectivity index (χ1) is 8.56. The van der Waals surface area contributed by atoms with Gasteiger partial charge in [0.2, 0.25) is 0 Å². The highest BCUT2D eigenvalue weighted by Crippen LogP contribution is 2.06. The van der Waals surface area contributed by atoms with Gasteiger partial charge in [0.1, 0.15) is 11.6 Å². The first kappa shape index (κ1) is 14.2. The number of carbonyl (C=O) groups is 1. The second kappa shape index (κ2) is 6.78. The fraction of sp³-hybridized carbons (Fsp3) is 0.583. The summed E-state index contributed by atoms with van der Waals surface area (Å²) in [6, 6.07) is 1.42. The molecule has 1 rings (SSSR count). The van der Waals surface area contributed by atoms with Crippen molar-refractivity contribution < 1.29 is 9.53 Å². The number of hydrogen-bond donors (Lipinski definition) is 1. The molecule has 1 N–H and O–H groups in total. The van der Waals surface area contributed by atoms with Crippen LogP contribution in [0.4, 0.5) is 5.82 Å². The van der Waals surface area contributed by atoms with Crippen LogP contribution in [-0.4, -0.2) is 36.1 Å². The second-order valence-electron chi connectivity index (χ2n) is 3.88. The zero-order chi connectivity index (χ0) is 13.5. The Morgan fingerprint density at radius 3 is 2.83 bits per heavy atom. The first-order valence-corrected chi connectivity index (χ1v) is 6.03. The number of nitrogens with zero attached hydrogens (tertiary/aromatic N) is 2. The normalized spacial score (nSPS) is 10.2. The predicted molar refractivity (Wildman–Crippen MR) is 68.8 cm³/mol. The summed E-state index contributed by atoms with van der Waals surface area (Å²) < 4.78 is 4.84. The molecule has 1 aromatic rings. The highest BCUT2D eigenvalue weighted by Gasteiger charge is 2.08. The van der Waals surface area contributed by atoms with E-state index in [9.17, 15) is 9.59 Å². The number of anilines is 1. The Hall–Kier alpha value is -1.85. The molecule has 0 unspecified atom stereocenters. The van der Waals surface area contributed by atoms with Crippen molar-refractivity contribution in [3.8, 4) is 0 Å². The van der Waals surface area contributed by atoms with Crippen molar-refractivity contribution in [3.05, 3.63) is 22.2 Å². The molecule has 1 aromatic heterocycles. The smallest absolute Gasteiger partial charge is 0.307 e. The van der Waals surface area contributed by atoms with Gasteiger partial charge in [-0.05, 0) is 6.92 Å². The van der Waals surface area contributed by atoms with Crippen LogP contribution in [0.1, 0.15) is 26.1 Å². The Labute approximate surface area is 106 Å². The number of nitrogens with one attached hydrogen (secondary N) is 1. The molecule has 18 heavy (non-hydrogen) atoms. The number of aromatic nitrogens is 2. The van der Waals surface area contributed by atoms with Gasteiger partial charge in [-0.15, -0.1) is 0 Å². The van der Waals surface area contributed by atoms with Gasteiger partial charge in [-0.2, -0.15) is 0 Å². The van der Waals surface area contributed by atoms with Crippen LogP contribution in [0.2, 0.25) is 0 Å². The van der Waals surface area contributed by atoms with Gasteiger partial charge in [0.05, 0.1) is 13.0 Å². The zero-order valence-corrected chi connectivity index (χ0v) is 11.0. The lowest BCUT2D eigenvalue weighted by Crippen LogP contribution is -2.25. The average molecular weight is 253 g/mol. The third kappa shape index (κ3) is 4.20. The van der Waals surface area contributed by atoms with E-state index in [-0.39, 0.29) is 17.9 Å². The Morgan fingerprint density at radius 1 is 1.50 bits per heavy atom. The summed E-state index contributed by atoms with van der Waals surface area (Å²) in [6.45, 7) is 4.54. The average Bonchev–Trinajstić information content (AvgIpc) is 2.35. The standard InChI is InChI=1S/C12H19N3O3/c1-4-9-13-10(8-11(16)14-9)15(3)7-6-12(17)18-5-2/h8H,4-7H2,1-3H3,(H,13,14,16). The summed E-state index contributed by atoms with van der Waals surface area (Å²) in [5.41, 5.74) is -0.181. The number of hydrogen-bond acceptors (Lipinski definition) is 5. The van der Waals surface area contributed by atoms with Crippen LogP contribution in [-0.2, 0) is 16.0 Å². The lowest BCUT2D eigenvalue weighted by atomic mass is 10.3. The topological polar surface area (TPSA) is 75.3 Å². The van der Waals surface area contributed by atoms with E-state index >= 15 is 0 Å². The molecule has 0 fully saturated rings. The van der Waals surface area contributed by atoms with E-state index in [0.29, 0.717) is 31.2 Å². The first-order valence-electron chi connectivity index (χ1n) is 6.03. The molecular weight excluding hydrogens is 234 g/mol. The van der Waals surface area contributed by atoms with E-state index in [1.165, 1.54) is 6.07 Å². The van der Waals surface area contributed by atoms with Crippen molar-refractivity contribution in [2.75, 3.05) is 25.1 Å². The minimum atomic E-state index is -0.245. The maximum absolute atomic E-state index is 11.4. The quantitative estimate of drug-likeness (QED) is 0.756. The zero-order valence-electron chi connectivity index (χ0n) is 11.0. The van der Waals surface area contributed by atoms with Gasteiger partial charge in [0, 0.05) is 26.1 Å². The van der Waals surface area contributed by atoms with Crippen LogP contribution in [0, 0.1) is 0 Å². The van der Waals surface area contributed by atoms with Crippen molar-refractivity contribution in [1.82, 2.24) is 9.97 Å². The fourth-order valence-electron chi connectivity index (χ4n) is 1.46. The number of ether oxygens (including phenoxy) is 1. The molecule has 0 saturated heterocycles. The lowest BCUT2D eigenvalue weighted by Gasteiger charge is -2.17. The minimum Gasteiger partial charge on any atom is -0.466 e. The summed E-state index contributed by atoms with van der Waals surface area (Å²) in [6.07, 6.45) is 0.940. The molecule has 0 aliphatic carbocycles. The number of rotatable bonds is 6. The van der Waals surface area contributed by atoms with E-state index in [0.717, 1.165) is 0 Å². The Bertz CT molecular complexity index is 456. The highest BCUT2D eigenvalue weighted by atomic mass is 16.5. The molecule has 0 atom stereocenters. The van der Waals surface area contributed by atoms with Crippen molar-refractivity contribution >= 4 is 11.8 Å². The third-order valence-electron chi connectivity index (χ3n) is 2.46. The highest BCUT2D eigenvalue weighted by molar-refractivity contribution is 5.70. The van der Waals surface area contributed by atoms with E-state index in [4.69, 9.17) is 4.74 Å². The molecule has 100 valence electrons. The molecule has 0 saturated carbocycles. The summed E-state index contributed by atoms with van der Waals surface area (Å²) in [4.78, 5) is 31.3. The molecule has 0 aromatic carbocycles. The van der Waals surface area contributed by atoms with Gasteiger partial charge in [-0.3, -0.25) is 9.59 Å². The molecule has 6 heteroatoms. The number of H-pyrrole nitrogens is 1. The fourth-order valence-corrected chi connectivity index (χ4v) is 1.46. The molecule has 0 spiro atoms. The molecule has 0 bridgehead atoms. The summed E-state index contributed by atoms with van der Waals surface area (Å²) in [7, 11) is 1.79. The van der Waals surface area contributed by atoms with Crippen LogP contribution < -0.4 is 10.5 Å². The van der Waals surface area contributed by atoms with Gasteiger partial charge in [-0.25, -0.2) is 4.98 Å². The summed E-state index contributed by atoms with van der Waals surface area (Å²) >= 11 is 0. The monoisotopic (exact) mass is 253 g/mol. The second-order valence-corrected chi connectivity index (χ2v) is 3.88. The van der Waals surface area contributed by atoms with Crippen LogP contribution in [0.3, 0.4) is 0 Å². The van der Waals surface area contributed by atoms with Crippen molar-refractivity contribution in [2.24, 2.45) is 0 Å². The SMILES string of the molecule is CCOC(=O)CCN(C)c1cc(=O)[nH]c(CC)n1. The largest absolute Gasteiger partial charge is 0.466 e. The molecule has 0 radical (unpaired) electrons. The molecule has 0 aliphatic rings. The van der Waals surface area contributed by atoms with Gasteiger partial charge in [0.15, 0.2) is 0 Å². The van der Waals surface area contributed by atoms with Crippen LogP contribution in [0.15, 0.2) is 10.9 Å². The molecule has 0 aliphatic heterocycles. The van der Waals surface area contributed by atoms with E-state index in [2.05, 4.69) is 9.97 Å². The van der Waals surface area contributed by atoms with Gasteiger partial charge in [-0.1, -0.05) is 6.92 Å². The molecular formula is C12H19N3O3. The predicted octanol–water partition coefficient (Wildman–Crippen LogP) is 0.722. The van der Waals surface area contributed by atoms with E-state index in [1.54, 1.807) is 18.9 Å². The molecule has 6 nitrogen and oxygen atoms in total. The lowest BCUT2D eigenvalue weighted by molar-refractivity contribution is -0.142. The van der Waals surface area contributed by atoms with Gasteiger partial charge < -0.3 is 14.6 Å². The molecule has 0 amide bonds. The minimum absolute atomic E-state index is 0.181. The van der Waals surface area contributed by atoms with Crippen molar-refractivity contribution in [1.29, 1.82) is 0 Å². The Balaban J connectivity index is 2.66. The number of aryl methyl sites for hydroxylation is 1. The van der Waals surface area contributed by atoms with Crippen molar-refractivity contribution in [3.63, 3.8) is 0 Å². The van der Waals surface area contributed by atoms with Crippen molar-refractivity contribution in [2.45, 2.75) is 26.7 Å². The summed E-state index contributed by atoms with van der Waals surface area (Å²) in [5, 5.41) is 0. The van der Waals surface area contributed by atoms with Crippen LogP contribution in [0.5, 0.6) is 0 Å². The maximum atomic E-state index is 11.4. The van der Waals surface area contributed by atoms with Gasteiger partial charge >= 0.3 is 5.97 Å². The molecule has 1 heterocycles. The Morgan fingerprint density at radius 2 is 2.22 bits per heavy atom. The van der Waals surface area contributed by atoms with E-state index < -0.39 is 0 Å². The van der Waals surface area contributed by atoms with Crippen LogP contribution >= 0.6 is 0 Å². The maximum Gasteiger partial charge on any atom is 0.307 e. The number of carbonyl (C=O) groups excluding carboxylic acids is 1. The number of esters is 1. The Kier molecular flexibility index (Phi) is 5.35. The third-order valence-corrected chi connectivity index (χ3v) is 2.46. The summed E-state index contributed by atoms with van der Waals surface area (Å²) in [5.74, 6) is 0.963. The van der Waals surface area contributed by atoms with E-state index in [1.807, 2.05) is 6.92 Å². The number of aromatic amines is 1.